The first-order chi connectivity index (χ1) is 16.4. The van der Waals surface area contributed by atoms with Gasteiger partial charge in [0.2, 0.25) is 5.91 Å². The first-order valence-corrected chi connectivity index (χ1v) is 12.1. The fraction of sp³-hybridized carbons (Fsp3) is 0.792. The summed E-state index contributed by atoms with van der Waals surface area (Å²) >= 11 is 0. The van der Waals surface area contributed by atoms with Crippen LogP contribution in [0.15, 0.2) is 12.2 Å². The Bertz CT molecular complexity index is 708. The molecule has 1 rings (SSSR count). The number of carbonyl (C=O) groups is 3. The van der Waals surface area contributed by atoms with E-state index in [1.54, 1.807) is 6.08 Å². The van der Waals surface area contributed by atoms with Gasteiger partial charge in [0.15, 0.2) is 6.10 Å². The van der Waals surface area contributed by atoms with Crippen LogP contribution in [0.1, 0.15) is 59.8 Å². The van der Waals surface area contributed by atoms with Crippen LogP contribution >= 0.6 is 0 Å². The van der Waals surface area contributed by atoms with E-state index >= 15 is 0 Å². The second kappa shape index (κ2) is 15.0. The summed E-state index contributed by atoms with van der Waals surface area (Å²) in [6, 6.07) is -0.968. The van der Waals surface area contributed by atoms with Crippen LogP contribution in [0.4, 0.5) is 4.79 Å². The quantitative estimate of drug-likeness (QED) is 0.147. The maximum absolute atomic E-state index is 12.7. The first-order valence-electron chi connectivity index (χ1n) is 12.1. The Morgan fingerprint density at radius 2 is 1.86 bits per heavy atom. The van der Waals surface area contributed by atoms with Crippen LogP contribution in [0.3, 0.4) is 0 Å². The molecule has 0 spiro atoms. The van der Waals surface area contributed by atoms with Gasteiger partial charge >= 0.3 is 6.16 Å². The van der Waals surface area contributed by atoms with E-state index in [0.717, 1.165) is 19.3 Å². The van der Waals surface area contributed by atoms with Crippen molar-refractivity contribution in [2.45, 2.75) is 96.4 Å². The van der Waals surface area contributed by atoms with Crippen LogP contribution in [-0.4, -0.2) is 90.1 Å². The van der Waals surface area contributed by atoms with Crippen molar-refractivity contribution < 1.29 is 43.9 Å². The van der Waals surface area contributed by atoms with Crippen molar-refractivity contribution in [3.8, 4) is 0 Å². The van der Waals surface area contributed by atoms with Crippen molar-refractivity contribution in [2.75, 3.05) is 20.3 Å². The SMILES string of the molecule is CCCCCOC(=O)O[C@@H]1CC[C@H](NC(=O)[C@H](OC)[C@H](O)[C@@H](O)[C@H](O)C=CC(C)(C)C)C(=O)NC1. The fourth-order valence-electron chi connectivity index (χ4n) is 3.38. The Labute approximate surface area is 207 Å². The van der Waals surface area contributed by atoms with Crippen molar-refractivity contribution in [3.63, 3.8) is 0 Å². The molecule has 202 valence electrons. The normalized spacial score (nSPS) is 22.5. The van der Waals surface area contributed by atoms with Crippen molar-refractivity contribution >= 4 is 18.0 Å². The Morgan fingerprint density at radius 1 is 1.17 bits per heavy atom. The maximum atomic E-state index is 12.7. The molecule has 2 amide bonds. The Kier molecular flexibility index (Phi) is 13.2. The molecule has 1 aliphatic rings. The molecule has 5 N–H and O–H groups in total. The second-order valence-electron chi connectivity index (χ2n) is 9.78. The molecule has 0 aromatic rings. The van der Waals surface area contributed by atoms with Crippen molar-refractivity contribution in [1.82, 2.24) is 10.6 Å². The Hall–Kier alpha value is -2.21. The van der Waals surface area contributed by atoms with Crippen LogP contribution in [0.2, 0.25) is 0 Å². The number of methoxy groups -OCH3 is 1. The van der Waals surface area contributed by atoms with Gasteiger partial charge in [-0.1, -0.05) is 52.7 Å². The van der Waals surface area contributed by atoms with Crippen LogP contribution in [-0.2, 0) is 23.8 Å². The Balaban J connectivity index is 2.65. The number of ether oxygens (including phenoxy) is 3. The summed E-state index contributed by atoms with van der Waals surface area (Å²) < 4.78 is 15.3. The van der Waals surface area contributed by atoms with Crippen LogP contribution in [0.5, 0.6) is 0 Å². The van der Waals surface area contributed by atoms with Gasteiger partial charge in [0.25, 0.3) is 5.91 Å². The lowest BCUT2D eigenvalue weighted by Gasteiger charge is -2.28. The van der Waals surface area contributed by atoms with E-state index in [4.69, 9.17) is 14.2 Å². The molecule has 1 aliphatic heterocycles. The second-order valence-corrected chi connectivity index (χ2v) is 9.78. The lowest BCUT2D eigenvalue weighted by Crippen LogP contribution is -2.55. The summed E-state index contributed by atoms with van der Waals surface area (Å²) in [5.74, 6) is -1.32. The number of nitrogens with one attached hydrogen (secondary N) is 2. The number of carbonyl (C=O) groups excluding carboxylic acids is 3. The minimum Gasteiger partial charge on any atom is -0.434 e. The van der Waals surface area contributed by atoms with Gasteiger partial charge in [0.05, 0.1) is 13.2 Å². The molecule has 0 bridgehead atoms. The summed E-state index contributed by atoms with van der Waals surface area (Å²) in [4.78, 5) is 37.0. The number of allylic oxidation sites excluding steroid dienone is 1. The highest BCUT2D eigenvalue weighted by Crippen LogP contribution is 2.17. The van der Waals surface area contributed by atoms with E-state index in [-0.39, 0.29) is 31.4 Å². The minimum absolute atomic E-state index is 0.0661. The summed E-state index contributed by atoms with van der Waals surface area (Å²) in [5, 5.41) is 36.0. The number of rotatable bonds is 12. The average molecular weight is 503 g/mol. The molecule has 1 saturated heterocycles. The number of aliphatic hydroxyl groups excluding tert-OH is 3. The molecule has 0 aromatic heterocycles. The fourth-order valence-corrected chi connectivity index (χ4v) is 3.38. The summed E-state index contributed by atoms with van der Waals surface area (Å²) in [5.41, 5.74) is -0.260. The number of hydrogen-bond donors (Lipinski definition) is 5. The molecule has 11 nitrogen and oxygen atoms in total. The van der Waals surface area contributed by atoms with Crippen molar-refractivity contribution in [1.29, 1.82) is 0 Å². The molecular weight excluding hydrogens is 460 g/mol. The third-order valence-electron chi connectivity index (χ3n) is 5.46. The van der Waals surface area contributed by atoms with Gasteiger partial charge in [-0.25, -0.2) is 4.79 Å². The monoisotopic (exact) mass is 502 g/mol. The predicted octanol–water partition coefficient (Wildman–Crippen LogP) is 0.793. The summed E-state index contributed by atoms with van der Waals surface area (Å²) in [6.45, 7) is 8.06. The lowest BCUT2D eigenvalue weighted by molar-refractivity contribution is -0.150. The zero-order valence-corrected chi connectivity index (χ0v) is 21.4. The third kappa shape index (κ3) is 11.4. The average Bonchev–Trinajstić information content (AvgIpc) is 2.96. The van der Waals surface area contributed by atoms with Gasteiger partial charge in [-0.05, 0) is 24.7 Å². The molecule has 0 aromatic carbocycles. The van der Waals surface area contributed by atoms with E-state index in [1.807, 2.05) is 27.7 Å². The molecule has 1 fully saturated rings. The minimum atomic E-state index is -1.76. The molecule has 1 heterocycles. The highest BCUT2D eigenvalue weighted by atomic mass is 16.7. The molecule has 0 unspecified atom stereocenters. The van der Waals surface area contributed by atoms with Gasteiger partial charge in [0.1, 0.15) is 30.5 Å². The molecular formula is C24H42N2O9. The molecule has 11 heteroatoms. The number of hydrogen-bond acceptors (Lipinski definition) is 9. The van der Waals surface area contributed by atoms with Crippen LogP contribution < -0.4 is 10.6 Å². The lowest BCUT2D eigenvalue weighted by atomic mass is 9.94. The van der Waals surface area contributed by atoms with Crippen LogP contribution in [0.25, 0.3) is 0 Å². The van der Waals surface area contributed by atoms with Crippen molar-refractivity contribution in [3.05, 3.63) is 12.2 Å². The molecule has 0 radical (unpaired) electrons. The van der Waals surface area contributed by atoms with Crippen LogP contribution in [0, 0.1) is 5.41 Å². The smallest absolute Gasteiger partial charge is 0.434 e. The van der Waals surface area contributed by atoms with Gasteiger partial charge in [0, 0.05) is 7.11 Å². The van der Waals surface area contributed by atoms with E-state index < -0.39 is 54.5 Å². The highest BCUT2D eigenvalue weighted by molar-refractivity contribution is 5.89. The number of unbranched alkanes of at least 4 members (excludes halogenated alkanes) is 2. The van der Waals surface area contributed by atoms with Gasteiger partial charge in [-0.2, -0.15) is 0 Å². The molecule has 0 aliphatic carbocycles. The van der Waals surface area contributed by atoms with E-state index in [1.165, 1.54) is 13.2 Å². The summed E-state index contributed by atoms with van der Waals surface area (Å²) in [7, 11) is 1.17. The van der Waals surface area contributed by atoms with E-state index in [0.29, 0.717) is 0 Å². The molecule has 35 heavy (non-hydrogen) atoms. The Morgan fingerprint density at radius 3 is 2.46 bits per heavy atom. The first kappa shape index (κ1) is 30.8. The largest absolute Gasteiger partial charge is 0.508 e. The van der Waals surface area contributed by atoms with Gasteiger partial charge in [-0.15, -0.1) is 0 Å². The molecule has 6 atom stereocenters. The van der Waals surface area contributed by atoms with Gasteiger partial charge < -0.3 is 40.2 Å². The van der Waals surface area contributed by atoms with Crippen molar-refractivity contribution in [2.24, 2.45) is 5.41 Å². The standard InChI is InChI=1S/C24H42N2O9/c1-6-7-8-13-34-23(32)35-15-9-10-16(21(30)25-14-15)26-22(31)20(33-5)19(29)18(28)17(27)11-12-24(2,3)4/h11-12,15-20,27-29H,6-10,13-14H2,1-5H3,(H,25,30)(H,26,31)/t15-,16+,17-,18+,19-,20-/m1/s1. The predicted molar refractivity (Wildman–Crippen MR) is 127 cm³/mol. The summed E-state index contributed by atoms with van der Waals surface area (Å²) in [6.07, 6.45) is -1.72. The third-order valence-corrected chi connectivity index (χ3v) is 5.46. The highest BCUT2D eigenvalue weighted by Gasteiger charge is 2.37. The van der Waals surface area contributed by atoms with E-state index in [2.05, 4.69) is 10.6 Å². The number of aliphatic hydroxyl groups is 3. The zero-order chi connectivity index (χ0) is 26.6. The topological polar surface area (TPSA) is 164 Å². The maximum Gasteiger partial charge on any atom is 0.508 e. The number of amides is 2. The van der Waals surface area contributed by atoms with E-state index in [9.17, 15) is 29.7 Å². The van der Waals surface area contributed by atoms with Gasteiger partial charge in [-0.3, -0.25) is 9.59 Å². The zero-order valence-electron chi connectivity index (χ0n) is 21.4. The molecule has 0 saturated carbocycles.